The summed E-state index contributed by atoms with van der Waals surface area (Å²) in [5.74, 6) is -1.18. The first-order valence-electron chi connectivity index (χ1n) is 16.2. The van der Waals surface area contributed by atoms with Crippen LogP contribution in [0.25, 0.3) is 0 Å². The molecule has 2 bridgehead atoms. The number of carboxylic acid groups (broad SMARTS) is 1. The summed E-state index contributed by atoms with van der Waals surface area (Å²) in [6.45, 7) is 2.57. The summed E-state index contributed by atoms with van der Waals surface area (Å²) in [5, 5.41) is 20.8. The number of aromatic carboxylic acids is 1. The zero-order valence-electron chi connectivity index (χ0n) is 27.5. The molecule has 13 heteroatoms. The highest BCUT2D eigenvalue weighted by atomic mass is 35.5. The molecular weight excluding hydrogens is 688 g/mol. The second-order valence-electron chi connectivity index (χ2n) is 12.5. The molecule has 3 aromatic carbocycles. The minimum absolute atomic E-state index is 0.0149. The van der Waals surface area contributed by atoms with Crippen molar-refractivity contribution in [1.29, 1.82) is 0 Å². The summed E-state index contributed by atoms with van der Waals surface area (Å²) in [7, 11) is 3.02. The topological polar surface area (TPSA) is 113 Å². The molecule has 0 unspecified atom stereocenters. The highest BCUT2D eigenvalue weighted by Crippen LogP contribution is 2.39. The van der Waals surface area contributed by atoms with E-state index in [1.54, 1.807) is 36.4 Å². The van der Waals surface area contributed by atoms with E-state index in [4.69, 9.17) is 37.4 Å². The average molecular weight is 726 g/mol. The summed E-state index contributed by atoms with van der Waals surface area (Å²) >= 11 is 13.1. The molecule has 0 aliphatic carbocycles. The first kappa shape index (κ1) is 35.3. The van der Waals surface area contributed by atoms with E-state index in [2.05, 4.69) is 4.90 Å². The Morgan fingerprint density at radius 3 is 2.34 bits per heavy atom. The summed E-state index contributed by atoms with van der Waals surface area (Å²) < 4.78 is 32.4. The number of fused-ring (bicyclic) bond motifs is 3. The van der Waals surface area contributed by atoms with Gasteiger partial charge in [0, 0.05) is 22.8 Å². The molecule has 10 nitrogen and oxygen atoms in total. The number of ether oxygens (including phenoxy) is 3. The van der Waals surface area contributed by atoms with E-state index >= 15 is 0 Å². The number of halogens is 3. The predicted octanol–water partition coefficient (Wildman–Crippen LogP) is 6.98. The first-order chi connectivity index (χ1) is 24.0. The highest BCUT2D eigenvalue weighted by molar-refractivity contribution is 6.35. The van der Waals surface area contributed by atoms with Gasteiger partial charge in [-0.3, -0.25) is 15.0 Å². The SMILES string of the molecule is COc1ccc([C@@H](Cc2c(Cl)c[n+](O)cc2Cl)c2cc(CN(C(=O)O[C@H]3CN4CCC3CC4)c3cccc(F)c3)ccc2C(=O)O)cc1OC. The maximum Gasteiger partial charge on any atom is 0.414 e. The molecule has 262 valence electrons. The summed E-state index contributed by atoms with van der Waals surface area (Å²) in [6.07, 6.45) is 3.72. The third-order valence-corrected chi connectivity index (χ3v) is 10.2. The second-order valence-corrected chi connectivity index (χ2v) is 13.4. The van der Waals surface area contributed by atoms with Gasteiger partial charge in [-0.2, -0.15) is 0 Å². The van der Waals surface area contributed by atoms with Crippen molar-refractivity contribution in [3.8, 4) is 11.5 Å². The Morgan fingerprint density at radius 1 is 1.00 bits per heavy atom. The quantitative estimate of drug-likeness (QED) is 0.126. The molecule has 7 rings (SSSR count). The Kier molecular flexibility index (Phi) is 10.7. The fraction of sp³-hybridized carbons (Fsp3) is 0.324. The number of hydrogen-bond donors (Lipinski definition) is 2. The molecular formula is C37H37Cl2FN3O7+. The van der Waals surface area contributed by atoms with Crippen molar-refractivity contribution in [2.75, 3.05) is 38.8 Å². The molecule has 2 atom stereocenters. The van der Waals surface area contributed by atoms with Crippen LogP contribution in [-0.2, 0) is 17.7 Å². The number of benzene rings is 3. The fourth-order valence-corrected chi connectivity index (χ4v) is 7.54. The number of carbonyl (C=O) groups is 2. The van der Waals surface area contributed by atoms with Gasteiger partial charge < -0.3 is 19.3 Å². The molecule has 3 saturated heterocycles. The number of carboxylic acids is 1. The Bertz CT molecular complexity index is 1880. The van der Waals surface area contributed by atoms with Gasteiger partial charge in [-0.15, -0.1) is 0 Å². The lowest BCUT2D eigenvalue weighted by atomic mass is 9.82. The molecule has 4 aromatic rings. The fourth-order valence-electron chi connectivity index (χ4n) is 6.93. The number of piperidine rings is 3. The minimum Gasteiger partial charge on any atom is -0.493 e. The zero-order valence-corrected chi connectivity index (χ0v) is 29.0. The van der Waals surface area contributed by atoms with Gasteiger partial charge in [0.2, 0.25) is 12.4 Å². The summed E-state index contributed by atoms with van der Waals surface area (Å²) in [5.41, 5.74) is 2.43. The van der Waals surface area contributed by atoms with Gasteiger partial charge in [0.05, 0.1) is 32.0 Å². The van der Waals surface area contributed by atoms with Crippen molar-refractivity contribution in [1.82, 2.24) is 4.90 Å². The number of aromatic nitrogens is 1. The number of anilines is 1. The number of nitrogens with zero attached hydrogens (tertiary/aromatic N) is 3. The molecule has 3 aliphatic heterocycles. The van der Waals surface area contributed by atoms with Crippen LogP contribution in [0.1, 0.15) is 51.4 Å². The third kappa shape index (κ3) is 7.60. The van der Waals surface area contributed by atoms with Gasteiger partial charge >= 0.3 is 12.1 Å². The van der Waals surface area contributed by atoms with Gasteiger partial charge in [-0.1, -0.05) is 47.5 Å². The normalized spacial score (nSPS) is 18.7. The van der Waals surface area contributed by atoms with Crippen LogP contribution in [0.2, 0.25) is 10.0 Å². The zero-order chi connectivity index (χ0) is 35.5. The van der Waals surface area contributed by atoms with Gasteiger partial charge in [-0.25, -0.2) is 14.0 Å². The Balaban J connectivity index is 1.43. The summed E-state index contributed by atoms with van der Waals surface area (Å²) in [4.78, 5) is 30.3. The lowest BCUT2D eigenvalue weighted by Gasteiger charge is -2.44. The van der Waals surface area contributed by atoms with Crippen molar-refractivity contribution in [2.24, 2.45) is 5.92 Å². The minimum atomic E-state index is -1.17. The van der Waals surface area contributed by atoms with E-state index in [0.717, 1.165) is 30.7 Å². The van der Waals surface area contributed by atoms with Gasteiger partial charge in [0.15, 0.2) is 11.5 Å². The lowest BCUT2D eigenvalue weighted by Crippen LogP contribution is -2.53. The molecule has 0 radical (unpaired) electrons. The van der Waals surface area contributed by atoms with Crippen molar-refractivity contribution in [3.63, 3.8) is 0 Å². The van der Waals surface area contributed by atoms with Crippen LogP contribution in [0, 0.1) is 11.7 Å². The first-order valence-corrected chi connectivity index (χ1v) is 16.9. The van der Waals surface area contributed by atoms with E-state index in [9.17, 15) is 24.3 Å². The number of rotatable bonds is 11. The van der Waals surface area contributed by atoms with E-state index in [1.165, 1.54) is 55.8 Å². The van der Waals surface area contributed by atoms with E-state index < -0.39 is 23.8 Å². The second kappa shape index (κ2) is 15.1. The van der Waals surface area contributed by atoms with Crippen LogP contribution in [-0.4, -0.2) is 67.2 Å². The van der Waals surface area contributed by atoms with E-state index in [0.29, 0.717) is 46.0 Å². The van der Waals surface area contributed by atoms with Crippen LogP contribution >= 0.6 is 23.2 Å². The third-order valence-electron chi connectivity index (χ3n) is 9.54. The molecule has 0 spiro atoms. The maximum atomic E-state index is 14.5. The van der Waals surface area contributed by atoms with Gasteiger partial charge in [0.1, 0.15) is 22.0 Å². The van der Waals surface area contributed by atoms with Crippen molar-refractivity contribution in [3.05, 3.63) is 117 Å². The molecule has 1 aromatic heterocycles. The smallest absolute Gasteiger partial charge is 0.414 e. The Labute approximate surface area is 299 Å². The van der Waals surface area contributed by atoms with Crippen molar-refractivity contribution >= 4 is 41.0 Å². The number of carbonyl (C=O) groups excluding carboxylic acids is 1. The van der Waals surface area contributed by atoms with Gasteiger partial charge in [-0.05, 0) is 91.4 Å². The van der Waals surface area contributed by atoms with Crippen molar-refractivity contribution in [2.45, 2.75) is 37.8 Å². The van der Waals surface area contributed by atoms with Crippen LogP contribution < -0.4 is 19.1 Å². The molecule has 4 heterocycles. The molecule has 1 amide bonds. The number of pyridine rings is 1. The van der Waals surface area contributed by atoms with E-state index in [1.807, 2.05) is 0 Å². The molecule has 3 fully saturated rings. The number of amides is 1. The Morgan fingerprint density at radius 2 is 1.72 bits per heavy atom. The van der Waals surface area contributed by atoms with Crippen LogP contribution in [0.3, 0.4) is 0 Å². The van der Waals surface area contributed by atoms with Crippen molar-refractivity contribution < 1.29 is 43.2 Å². The molecule has 3 aliphatic rings. The Hall–Kier alpha value is -4.58. The monoisotopic (exact) mass is 724 g/mol. The number of hydrogen-bond acceptors (Lipinski definition) is 7. The van der Waals surface area contributed by atoms with E-state index in [-0.39, 0.29) is 40.6 Å². The largest absolute Gasteiger partial charge is 0.493 e. The molecule has 0 saturated carbocycles. The molecule has 2 N–H and O–H groups in total. The van der Waals surface area contributed by atoms with Crippen LogP contribution in [0.4, 0.5) is 14.9 Å². The van der Waals surface area contributed by atoms with Gasteiger partial charge in [0.25, 0.3) is 0 Å². The van der Waals surface area contributed by atoms with Crippen LogP contribution in [0.5, 0.6) is 11.5 Å². The maximum absolute atomic E-state index is 14.5. The van der Waals surface area contributed by atoms with Crippen LogP contribution in [0.15, 0.2) is 73.1 Å². The lowest BCUT2D eigenvalue weighted by molar-refractivity contribution is -0.904. The standard InChI is InChI=1S/C37H36Cl2FN3O7/c1-48-33-9-7-24(15-34(33)49-2)28(17-30-31(38)19-42(47)20-32(30)39)29-14-22(6-8-27(29)36(44)45)18-43(26-5-3-4-25(40)16-26)37(46)50-35-21-41-12-10-23(35)11-13-41/h3-9,14-16,19-20,23,28,35H,10-13,17-18,21H2,1-2H3,(H-,44,45,47)/p+1/t28-,35+/m1/s1. The highest BCUT2D eigenvalue weighted by Gasteiger charge is 2.37. The average Bonchev–Trinajstić information content (AvgIpc) is 3.10. The summed E-state index contributed by atoms with van der Waals surface area (Å²) in [6, 6.07) is 15.8. The number of methoxy groups -OCH3 is 2. The molecule has 50 heavy (non-hydrogen) atoms. The predicted molar refractivity (Wildman–Crippen MR) is 184 cm³/mol.